The summed E-state index contributed by atoms with van der Waals surface area (Å²) in [5.41, 5.74) is 0.427. The van der Waals surface area contributed by atoms with Gasteiger partial charge in [-0.05, 0) is 29.7 Å². The second-order valence-corrected chi connectivity index (χ2v) is 7.15. The lowest BCUT2D eigenvalue weighted by Crippen LogP contribution is -2.31. The van der Waals surface area contributed by atoms with Crippen LogP contribution in [0.2, 0.25) is 0 Å². The number of benzene rings is 2. The van der Waals surface area contributed by atoms with E-state index in [9.17, 15) is 22.8 Å². The molecule has 1 heterocycles. The fourth-order valence-electron chi connectivity index (χ4n) is 2.95. The number of hydrogen-bond donors (Lipinski definition) is 1. The number of rotatable bonds is 6. The van der Waals surface area contributed by atoms with Crippen molar-refractivity contribution in [2.75, 3.05) is 0 Å². The highest BCUT2D eigenvalue weighted by atomic mass is 19.4. The first-order valence-corrected chi connectivity index (χ1v) is 9.27. The molecule has 9 heteroatoms. The molecule has 0 fully saturated rings. The molecule has 0 aliphatic carbocycles. The summed E-state index contributed by atoms with van der Waals surface area (Å²) in [4.78, 5) is 25.4. The second-order valence-electron chi connectivity index (χ2n) is 7.15. The number of ether oxygens (including phenoxy) is 1. The summed E-state index contributed by atoms with van der Waals surface area (Å²) in [5, 5.41) is 7.78. The standard InChI is InChI=1S/C21H20F3N3O3/c1-13(2)12-27-20(29)17-6-4-3-5-16(17)18(26-27)19(28)25-11-14-7-9-15(10-8-14)30-21(22,23)24/h3-10,13H,11-12H2,1-2H3,(H,25,28). The van der Waals surface area contributed by atoms with Crippen LogP contribution in [0.1, 0.15) is 29.9 Å². The fourth-order valence-corrected chi connectivity index (χ4v) is 2.95. The number of nitrogens with zero attached hydrogens (tertiary/aromatic N) is 2. The molecule has 0 radical (unpaired) electrons. The summed E-state index contributed by atoms with van der Waals surface area (Å²) in [7, 11) is 0. The minimum Gasteiger partial charge on any atom is -0.406 e. The molecular weight excluding hydrogens is 399 g/mol. The lowest BCUT2D eigenvalue weighted by atomic mass is 10.1. The van der Waals surface area contributed by atoms with Crippen LogP contribution in [0, 0.1) is 5.92 Å². The Hall–Kier alpha value is -3.36. The molecule has 0 spiro atoms. The van der Waals surface area contributed by atoms with Gasteiger partial charge >= 0.3 is 6.36 Å². The van der Waals surface area contributed by atoms with Crippen molar-refractivity contribution in [1.29, 1.82) is 0 Å². The molecule has 0 aliphatic rings. The van der Waals surface area contributed by atoms with Crippen LogP contribution in [0.4, 0.5) is 13.2 Å². The van der Waals surface area contributed by atoms with E-state index in [0.717, 1.165) is 0 Å². The molecule has 0 aliphatic heterocycles. The molecule has 3 aromatic rings. The molecule has 158 valence electrons. The van der Waals surface area contributed by atoms with Gasteiger partial charge in [0.15, 0.2) is 5.69 Å². The van der Waals surface area contributed by atoms with E-state index in [1.54, 1.807) is 24.3 Å². The lowest BCUT2D eigenvalue weighted by Gasteiger charge is -2.13. The maximum atomic E-state index is 12.8. The number of nitrogens with one attached hydrogen (secondary N) is 1. The number of aromatic nitrogens is 2. The molecule has 1 N–H and O–H groups in total. The van der Waals surface area contributed by atoms with Crippen LogP contribution >= 0.6 is 0 Å². The van der Waals surface area contributed by atoms with Crippen LogP contribution in [0.15, 0.2) is 53.3 Å². The Balaban J connectivity index is 1.81. The van der Waals surface area contributed by atoms with Gasteiger partial charge in [-0.15, -0.1) is 13.2 Å². The zero-order valence-electron chi connectivity index (χ0n) is 16.4. The highest BCUT2D eigenvalue weighted by Gasteiger charge is 2.30. The van der Waals surface area contributed by atoms with Crippen molar-refractivity contribution in [3.8, 4) is 5.75 Å². The first-order chi connectivity index (χ1) is 14.1. The molecule has 0 bridgehead atoms. The van der Waals surface area contributed by atoms with Crippen molar-refractivity contribution in [2.24, 2.45) is 5.92 Å². The number of fused-ring (bicyclic) bond motifs is 1. The molecule has 30 heavy (non-hydrogen) atoms. The third-order valence-corrected chi connectivity index (χ3v) is 4.23. The van der Waals surface area contributed by atoms with Crippen LogP contribution in [0.3, 0.4) is 0 Å². The van der Waals surface area contributed by atoms with E-state index in [1.165, 1.54) is 28.9 Å². The van der Waals surface area contributed by atoms with Crippen LogP contribution in [0.25, 0.3) is 10.8 Å². The van der Waals surface area contributed by atoms with Crippen molar-refractivity contribution in [3.63, 3.8) is 0 Å². The van der Waals surface area contributed by atoms with E-state index >= 15 is 0 Å². The Morgan fingerprint density at radius 1 is 1.10 bits per heavy atom. The van der Waals surface area contributed by atoms with Gasteiger partial charge in [-0.2, -0.15) is 5.10 Å². The molecule has 0 saturated carbocycles. The monoisotopic (exact) mass is 419 g/mol. The van der Waals surface area contributed by atoms with Crippen LogP contribution in [-0.4, -0.2) is 22.1 Å². The zero-order chi connectivity index (χ0) is 21.9. The van der Waals surface area contributed by atoms with Crippen molar-refractivity contribution >= 4 is 16.7 Å². The molecule has 3 rings (SSSR count). The molecule has 0 saturated heterocycles. The van der Waals surface area contributed by atoms with E-state index < -0.39 is 12.3 Å². The zero-order valence-corrected chi connectivity index (χ0v) is 16.4. The number of carbonyl (C=O) groups excluding carboxylic acids is 1. The van der Waals surface area contributed by atoms with Gasteiger partial charge < -0.3 is 10.1 Å². The Morgan fingerprint density at radius 3 is 2.33 bits per heavy atom. The largest absolute Gasteiger partial charge is 0.573 e. The van der Waals surface area contributed by atoms with Gasteiger partial charge in [0.05, 0.1) is 5.39 Å². The maximum absolute atomic E-state index is 12.8. The summed E-state index contributed by atoms with van der Waals surface area (Å²) >= 11 is 0. The molecular formula is C21H20F3N3O3. The third kappa shape index (κ3) is 5.16. The number of hydrogen-bond acceptors (Lipinski definition) is 4. The average Bonchev–Trinajstić information content (AvgIpc) is 2.68. The topological polar surface area (TPSA) is 73.2 Å². The normalized spacial score (nSPS) is 11.7. The van der Waals surface area contributed by atoms with Gasteiger partial charge in [0.1, 0.15) is 5.75 Å². The Morgan fingerprint density at radius 2 is 1.73 bits per heavy atom. The van der Waals surface area contributed by atoms with Crippen LogP contribution < -0.4 is 15.6 Å². The van der Waals surface area contributed by atoms with Crippen molar-refractivity contribution in [3.05, 3.63) is 70.1 Å². The molecule has 0 atom stereocenters. The first kappa shape index (κ1) is 21.4. The van der Waals surface area contributed by atoms with Gasteiger partial charge in [0, 0.05) is 18.5 Å². The first-order valence-electron chi connectivity index (χ1n) is 9.27. The number of amides is 1. The van der Waals surface area contributed by atoms with Crippen molar-refractivity contribution in [2.45, 2.75) is 33.3 Å². The van der Waals surface area contributed by atoms with Crippen LogP contribution in [-0.2, 0) is 13.1 Å². The second kappa shape index (κ2) is 8.56. The SMILES string of the molecule is CC(C)Cn1nc(C(=O)NCc2ccc(OC(F)(F)F)cc2)c2ccccc2c1=O. The predicted molar refractivity (Wildman–Crippen MR) is 105 cm³/mol. The van der Waals surface area contributed by atoms with Crippen molar-refractivity contribution in [1.82, 2.24) is 15.1 Å². The Labute approximate surface area is 170 Å². The van der Waals surface area contributed by atoms with E-state index in [1.807, 2.05) is 13.8 Å². The number of alkyl halides is 3. The minimum atomic E-state index is -4.76. The highest BCUT2D eigenvalue weighted by Crippen LogP contribution is 2.22. The Bertz CT molecular complexity index is 1110. The predicted octanol–water partition coefficient (Wildman–Crippen LogP) is 3.88. The van der Waals surface area contributed by atoms with E-state index in [-0.39, 0.29) is 29.5 Å². The van der Waals surface area contributed by atoms with Crippen molar-refractivity contribution < 1.29 is 22.7 Å². The smallest absolute Gasteiger partial charge is 0.406 e. The maximum Gasteiger partial charge on any atom is 0.573 e. The molecule has 6 nitrogen and oxygen atoms in total. The van der Waals surface area contributed by atoms with Gasteiger partial charge in [0.25, 0.3) is 11.5 Å². The molecule has 1 amide bonds. The molecule has 2 aromatic carbocycles. The third-order valence-electron chi connectivity index (χ3n) is 4.23. The Kier molecular flexibility index (Phi) is 6.09. The van der Waals surface area contributed by atoms with E-state index in [0.29, 0.717) is 22.9 Å². The molecule has 1 aromatic heterocycles. The number of carbonyl (C=O) groups is 1. The van der Waals surface area contributed by atoms with E-state index in [2.05, 4.69) is 15.2 Å². The quantitative estimate of drug-likeness (QED) is 0.658. The van der Waals surface area contributed by atoms with Gasteiger partial charge in [-0.3, -0.25) is 9.59 Å². The summed E-state index contributed by atoms with van der Waals surface area (Å²) in [6.07, 6.45) is -4.76. The van der Waals surface area contributed by atoms with E-state index in [4.69, 9.17) is 0 Å². The minimum absolute atomic E-state index is 0.0739. The van der Waals surface area contributed by atoms with Gasteiger partial charge in [-0.1, -0.05) is 44.2 Å². The highest BCUT2D eigenvalue weighted by molar-refractivity contribution is 6.04. The summed E-state index contributed by atoms with van der Waals surface area (Å²) in [5.74, 6) is -0.671. The van der Waals surface area contributed by atoms with Gasteiger partial charge in [0.2, 0.25) is 0 Å². The summed E-state index contributed by atoms with van der Waals surface area (Å²) in [6, 6.07) is 11.9. The number of halogens is 3. The lowest BCUT2D eigenvalue weighted by molar-refractivity contribution is -0.274. The van der Waals surface area contributed by atoms with Gasteiger partial charge in [-0.25, -0.2) is 4.68 Å². The summed E-state index contributed by atoms with van der Waals surface area (Å²) < 4.78 is 41.8. The molecule has 0 unspecified atom stereocenters. The van der Waals surface area contributed by atoms with Crippen LogP contribution in [0.5, 0.6) is 5.75 Å². The summed E-state index contributed by atoms with van der Waals surface area (Å²) in [6.45, 7) is 4.32. The fraction of sp³-hybridized carbons (Fsp3) is 0.286. The average molecular weight is 419 g/mol.